The number of aromatic nitrogens is 5. The average molecular weight is 327 g/mol. The predicted molar refractivity (Wildman–Crippen MR) is 83.0 cm³/mol. The molecule has 1 fully saturated rings. The van der Waals surface area contributed by atoms with Crippen LogP contribution in [0.15, 0.2) is 18.6 Å². The maximum Gasteiger partial charge on any atom is 0.407 e. The van der Waals surface area contributed by atoms with E-state index in [9.17, 15) is 9.59 Å². The van der Waals surface area contributed by atoms with Gasteiger partial charge in [0.2, 0.25) is 5.65 Å². The van der Waals surface area contributed by atoms with Crippen LogP contribution in [0.2, 0.25) is 0 Å². The summed E-state index contributed by atoms with van der Waals surface area (Å²) < 4.78 is 6.92. The second-order valence-electron chi connectivity index (χ2n) is 5.37. The van der Waals surface area contributed by atoms with Crippen molar-refractivity contribution in [3.8, 4) is 0 Å². The minimum Gasteiger partial charge on any atom is -0.442 e. The third-order valence-electron chi connectivity index (χ3n) is 3.85. The van der Waals surface area contributed by atoms with E-state index in [0.717, 1.165) is 6.29 Å². The molecule has 1 saturated heterocycles. The van der Waals surface area contributed by atoms with E-state index in [1.54, 1.807) is 16.8 Å². The number of anilines is 1. The van der Waals surface area contributed by atoms with E-state index in [2.05, 4.69) is 25.5 Å². The van der Waals surface area contributed by atoms with Crippen molar-refractivity contribution in [2.75, 3.05) is 25.0 Å². The standard InChI is InChI=1S/C14H13N7O3/c1-15-14(23)24-9-4-20(5-9)12-13-19-17-7-21(13)10-2-8(6-22)3-16-11(10)18-12/h2-3,6-7,9H,4-5H2,1H3,(H,15,23). The SMILES string of the molecule is CNC(=O)OC1CN(c2nc3ncc(C=O)cc3n3cnnc23)C1. The van der Waals surface area contributed by atoms with E-state index in [0.29, 0.717) is 41.3 Å². The summed E-state index contributed by atoms with van der Waals surface area (Å²) in [4.78, 5) is 32.9. The molecular weight excluding hydrogens is 314 g/mol. The van der Waals surface area contributed by atoms with Crippen molar-refractivity contribution in [3.63, 3.8) is 0 Å². The first-order valence-electron chi connectivity index (χ1n) is 7.27. The Labute approximate surface area is 135 Å². The molecular formula is C14H13N7O3. The lowest BCUT2D eigenvalue weighted by molar-refractivity contribution is 0.0824. The Morgan fingerprint density at radius 2 is 2.29 bits per heavy atom. The van der Waals surface area contributed by atoms with E-state index >= 15 is 0 Å². The van der Waals surface area contributed by atoms with Crippen molar-refractivity contribution in [2.24, 2.45) is 0 Å². The summed E-state index contributed by atoms with van der Waals surface area (Å²) in [6.45, 7) is 1.03. The summed E-state index contributed by atoms with van der Waals surface area (Å²) in [6.07, 6.45) is 3.10. The molecule has 0 spiro atoms. The number of nitrogens with zero attached hydrogens (tertiary/aromatic N) is 6. The van der Waals surface area contributed by atoms with Gasteiger partial charge in [0.15, 0.2) is 17.8 Å². The second kappa shape index (κ2) is 5.41. The summed E-state index contributed by atoms with van der Waals surface area (Å²) in [5, 5.41) is 10.4. The van der Waals surface area contributed by atoms with Crippen LogP contribution in [-0.4, -0.2) is 63.2 Å². The molecule has 3 aromatic rings. The molecule has 4 heterocycles. The molecule has 122 valence electrons. The van der Waals surface area contributed by atoms with Gasteiger partial charge < -0.3 is 15.0 Å². The number of aldehydes is 1. The second-order valence-corrected chi connectivity index (χ2v) is 5.37. The molecule has 1 aliphatic heterocycles. The van der Waals surface area contributed by atoms with E-state index in [4.69, 9.17) is 4.74 Å². The number of hydrogen-bond donors (Lipinski definition) is 1. The predicted octanol–water partition coefficient (Wildman–Crippen LogP) is 0.0296. The summed E-state index contributed by atoms with van der Waals surface area (Å²) in [5.74, 6) is 0.614. The molecule has 0 bridgehead atoms. The highest BCUT2D eigenvalue weighted by Crippen LogP contribution is 2.27. The normalized spacial score (nSPS) is 14.6. The highest BCUT2D eigenvalue weighted by atomic mass is 16.6. The number of rotatable bonds is 3. The van der Waals surface area contributed by atoms with Crippen LogP contribution in [0.5, 0.6) is 0 Å². The first-order valence-corrected chi connectivity index (χ1v) is 7.27. The number of pyridine rings is 1. The fourth-order valence-corrected chi connectivity index (χ4v) is 2.61. The van der Waals surface area contributed by atoms with Crippen molar-refractivity contribution in [3.05, 3.63) is 24.2 Å². The van der Waals surface area contributed by atoms with Gasteiger partial charge in [-0.3, -0.25) is 9.20 Å². The largest absolute Gasteiger partial charge is 0.442 e. The van der Waals surface area contributed by atoms with Gasteiger partial charge in [0.05, 0.1) is 18.6 Å². The Balaban J connectivity index is 1.70. The maximum atomic E-state index is 11.2. The topological polar surface area (TPSA) is 115 Å². The number of amides is 1. The molecule has 0 saturated carbocycles. The zero-order valence-electron chi connectivity index (χ0n) is 12.7. The average Bonchev–Trinajstić information content (AvgIpc) is 3.06. The first kappa shape index (κ1) is 14.3. The number of ether oxygens (including phenoxy) is 1. The van der Waals surface area contributed by atoms with Crippen LogP contribution in [0.3, 0.4) is 0 Å². The molecule has 4 rings (SSSR count). The summed E-state index contributed by atoms with van der Waals surface area (Å²) >= 11 is 0. The number of fused-ring (bicyclic) bond motifs is 3. The molecule has 0 unspecified atom stereocenters. The Morgan fingerprint density at radius 3 is 3.04 bits per heavy atom. The number of carbonyl (C=O) groups excluding carboxylic acids is 2. The molecule has 10 nitrogen and oxygen atoms in total. The molecule has 0 atom stereocenters. The third-order valence-corrected chi connectivity index (χ3v) is 3.85. The lowest BCUT2D eigenvalue weighted by atomic mass is 10.1. The maximum absolute atomic E-state index is 11.2. The van der Waals surface area contributed by atoms with Gasteiger partial charge >= 0.3 is 6.09 Å². The van der Waals surface area contributed by atoms with Gasteiger partial charge in [-0.15, -0.1) is 10.2 Å². The van der Waals surface area contributed by atoms with Crippen LogP contribution in [-0.2, 0) is 4.74 Å². The van der Waals surface area contributed by atoms with Gasteiger partial charge in [-0.1, -0.05) is 0 Å². The smallest absolute Gasteiger partial charge is 0.407 e. The fraction of sp³-hybridized carbons (Fsp3) is 0.286. The lowest BCUT2D eigenvalue weighted by Gasteiger charge is -2.38. The van der Waals surface area contributed by atoms with Crippen molar-refractivity contribution < 1.29 is 14.3 Å². The molecule has 1 amide bonds. The summed E-state index contributed by atoms with van der Waals surface area (Å²) in [7, 11) is 1.52. The molecule has 1 aliphatic rings. The number of alkyl carbamates (subject to hydrolysis) is 1. The van der Waals surface area contributed by atoms with Crippen LogP contribution in [0.4, 0.5) is 10.6 Å². The van der Waals surface area contributed by atoms with Crippen LogP contribution >= 0.6 is 0 Å². The zero-order chi connectivity index (χ0) is 16.7. The summed E-state index contributed by atoms with van der Waals surface area (Å²) in [5.41, 5.74) is 2.15. The Hall–Kier alpha value is -3.30. The number of hydrogen-bond acceptors (Lipinski definition) is 8. The Morgan fingerprint density at radius 1 is 1.46 bits per heavy atom. The monoisotopic (exact) mass is 327 g/mol. The third kappa shape index (κ3) is 2.19. The lowest BCUT2D eigenvalue weighted by Crippen LogP contribution is -2.54. The van der Waals surface area contributed by atoms with Crippen molar-refractivity contribution in [1.29, 1.82) is 0 Å². The van der Waals surface area contributed by atoms with Crippen molar-refractivity contribution in [2.45, 2.75) is 6.10 Å². The number of carbonyl (C=O) groups is 2. The van der Waals surface area contributed by atoms with E-state index in [-0.39, 0.29) is 6.10 Å². The van der Waals surface area contributed by atoms with E-state index < -0.39 is 6.09 Å². The van der Waals surface area contributed by atoms with Crippen LogP contribution in [0.25, 0.3) is 16.8 Å². The molecule has 3 aromatic heterocycles. The molecule has 10 heteroatoms. The Kier molecular flexibility index (Phi) is 3.22. The number of nitrogens with one attached hydrogen (secondary N) is 1. The van der Waals surface area contributed by atoms with Crippen molar-refractivity contribution >= 4 is 35.0 Å². The van der Waals surface area contributed by atoms with Gasteiger partial charge in [0, 0.05) is 18.8 Å². The van der Waals surface area contributed by atoms with Gasteiger partial charge in [0.25, 0.3) is 0 Å². The molecule has 24 heavy (non-hydrogen) atoms. The van der Waals surface area contributed by atoms with Crippen LogP contribution in [0, 0.1) is 0 Å². The quantitative estimate of drug-likeness (QED) is 0.670. The van der Waals surface area contributed by atoms with Crippen LogP contribution < -0.4 is 10.2 Å². The van der Waals surface area contributed by atoms with Crippen LogP contribution in [0.1, 0.15) is 10.4 Å². The first-order chi connectivity index (χ1) is 11.7. The van der Waals surface area contributed by atoms with Gasteiger partial charge in [-0.25, -0.2) is 14.8 Å². The van der Waals surface area contributed by atoms with Gasteiger partial charge in [-0.2, -0.15) is 0 Å². The molecule has 0 aliphatic carbocycles. The molecule has 0 aromatic carbocycles. The highest BCUT2D eigenvalue weighted by Gasteiger charge is 2.33. The highest BCUT2D eigenvalue weighted by molar-refractivity contribution is 5.85. The van der Waals surface area contributed by atoms with Gasteiger partial charge in [0.1, 0.15) is 12.4 Å². The fourth-order valence-electron chi connectivity index (χ4n) is 2.61. The zero-order valence-corrected chi connectivity index (χ0v) is 12.7. The molecule has 1 N–H and O–H groups in total. The summed E-state index contributed by atoms with van der Waals surface area (Å²) in [6, 6.07) is 1.69. The molecule has 0 radical (unpaired) electrons. The minimum absolute atomic E-state index is 0.198. The van der Waals surface area contributed by atoms with Crippen molar-refractivity contribution in [1.82, 2.24) is 29.9 Å². The van der Waals surface area contributed by atoms with Gasteiger partial charge in [-0.05, 0) is 6.07 Å². The minimum atomic E-state index is -0.457. The Bertz CT molecular complexity index is 948. The van der Waals surface area contributed by atoms with E-state index in [1.807, 2.05) is 4.90 Å². The van der Waals surface area contributed by atoms with E-state index in [1.165, 1.54) is 13.2 Å².